The van der Waals surface area contributed by atoms with Gasteiger partial charge in [-0.2, -0.15) is 5.26 Å². The van der Waals surface area contributed by atoms with Gasteiger partial charge in [0.15, 0.2) is 5.78 Å². The van der Waals surface area contributed by atoms with Crippen LogP contribution >= 0.6 is 11.3 Å². The molecule has 0 radical (unpaired) electrons. The van der Waals surface area contributed by atoms with E-state index in [1.54, 1.807) is 26.8 Å². The molecule has 0 aliphatic rings. The lowest BCUT2D eigenvalue weighted by molar-refractivity contribution is -0.385. The summed E-state index contributed by atoms with van der Waals surface area (Å²) in [7, 11) is 1.47. The molecule has 0 bridgehead atoms. The van der Waals surface area contributed by atoms with Gasteiger partial charge in [0.2, 0.25) is 0 Å². The number of thiazole rings is 1. The van der Waals surface area contributed by atoms with Gasteiger partial charge in [-0.15, -0.1) is 11.3 Å². The normalized spacial score (nSPS) is 13.3. The number of nitro benzene ring substituents is 1. The van der Waals surface area contributed by atoms with Gasteiger partial charge < -0.3 is 4.57 Å². The van der Waals surface area contributed by atoms with E-state index >= 15 is 0 Å². The Morgan fingerprint density at radius 3 is 2.50 bits per heavy atom. The minimum atomic E-state index is -0.771. The third-order valence-corrected chi connectivity index (χ3v) is 4.86. The number of carbonyl (C=O) groups excluding carboxylic acids is 1. The molecule has 0 unspecified atom stereocenters. The van der Waals surface area contributed by atoms with Gasteiger partial charge in [0.25, 0.3) is 11.2 Å². The molecule has 1 aromatic carbocycles. The van der Waals surface area contributed by atoms with Gasteiger partial charge in [0.1, 0.15) is 16.3 Å². The molecule has 1 heterocycles. The van der Waals surface area contributed by atoms with Crippen LogP contribution < -0.4 is 14.8 Å². The second kappa shape index (κ2) is 7.06. The summed E-state index contributed by atoms with van der Waals surface area (Å²) < 4.78 is 1.68. The number of benzene rings is 1. The van der Waals surface area contributed by atoms with Crippen LogP contribution in [0.4, 0.5) is 5.69 Å². The standard InChI is InChI=1S/C18H17N3O4S/c1-18(2,3)15(22)12(10-19)17-20(4)16(23)14(26-17)9-11-7-5-6-8-13(11)21(24)25/h5-9H,1-4H3/b14-9+,17-12-. The minimum Gasteiger partial charge on any atom is -0.301 e. The lowest BCUT2D eigenvalue weighted by atomic mass is 9.87. The highest BCUT2D eigenvalue weighted by Gasteiger charge is 2.27. The van der Waals surface area contributed by atoms with E-state index in [-0.39, 0.29) is 31.8 Å². The number of hydrogen-bond donors (Lipinski definition) is 0. The van der Waals surface area contributed by atoms with Gasteiger partial charge in [-0.3, -0.25) is 19.7 Å². The molecule has 1 aromatic heterocycles. The molecule has 0 aliphatic carbocycles. The van der Waals surface area contributed by atoms with E-state index in [9.17, 15) is 25.0 Å². The van der Waals surface area contributed by atoms with E-state index in [4.69, 9.17) is 0 Å². The summed E-state index contributed by atoms with van der Waals surface area (Å²) in [6.45, 7) is 5.08. The molecule has 0 aliphatic heterocycles. The monoisotopic (exact) mass is 371 g/mol. The lowest BCUT2D eigenvalue weighted by Gasteiger charge is -2.15. The number of ketones is 1. The highest BCUT2D eigenvalue weighted by atomic mass is 32.1. The van der Waals surface area contributed by atoms with Crippen molar-refractivity contribution in [2.45, 2.75) is 20.8 Å². The molecule has 2 rings (SSSR count). The summed E-state index contributed by atoms with van der Waals surface area (Å²) in [5.41, 5.74) is -1.13. The van der Waals surface area contributed by atoms with Crippen molar-refractivity contribution in [2.24, 2.45) is 12.5 Å². The molecular formula is C18H17N3O4S. The summed E-state index contributed by atoms with van der Waals surface area (Å²) in [4.78, 5) is 35.6. The molecule has 0 saturated heterocycles. The second-order valence-electron chi connectivity index (χ2n) is 6.66. The Labute approximate surface area is 153 Å². The Kier molecular flexibility index (Phi) is 5.23. The van der Waals surface area contributed by atoms with E-state index in [1.807, 2.05) is 6.07 Å². The van der Waals surface area contributed by atoms with Crippen molar-refractivity contribution >= 4 is 34.5 Å². The van der Waals surface area contributed by atoms with Gasteiger partial charge >= 0.3 is 0 Å². The number of hydrogen-bond acceptors (Lipinski definition) is 6. The Bertz CT molecular complexity index is 1110. The quantitative estimate of drug-likeness (QED) is 0.600. The highest BCUT2D eigenvalue weighted by Crippen LogP contribution is 2.20. The summed E-state index contributed by atoms with van der Waals surface area (Å²) in [5, 5.41) is 20.6. The smallest absolute Gasteiger partial charge is 0.276 e. The zero-order valence-electron chi connectivity index (χ0n) is 14.8. The Morgan fingerprint density at radius 2 is 1.96 bits per heavy atom. The van der Waals surface area contributed by atoms with Gasteiger partial charge in [0, 0.05) is 18.5 Å². The molecule has 0 saturated carbocycles. The van der Waals surface area contributed by atoms with Crippen molar-refractivity contribution in [2.75, 3.05) is 0 Å². The Morgan fingerprint density at radius 1 is 1.35 bits per heavy atom. The highest BCUT2D eigenvalue weighted by molar-refractivity contribution is 7.07. The van der Waals surface area contributed by atoms with Crippen molar-refractivity contribution < 1.29 is 9.72 Å². The van der Waals surface area contributed by atoms with Crippen molar-refractivity contribution in [3.8, 4) is 6.07 Å². The molecule has 26 heavy (non-hydrogen) atoms. The number of nitrogens with zero attached hydrogens (tertiary/aromatic N) is 3. The minimum absolute atomic E-state index is 0.0932. The van der Waals surface area contributed by atoms with Gasteiger partial charge in [0.05, 0.1) is 15.0 Å². The fraction of sp³-hybridized carbons (Fsp3) is 0.278. The average molecular weight is 371 g/mol. The molecular weight excluding hydrogens is 354 g/mol. The summed E-state index contributed by atoms with van der Waals surface area (Å²) >= 11 is 0.970. The van der Waals surface area contributed by atoms with Crippen molar-refractivity contribution in [3.63, 3.8) is 0 Å². The first-order chi connectivity index (χ1) is 12.1. The van der Waals surface area contributed by atoms with E-state index < -0.39 is 15.9 Å². The summed E-state index contributed by atoms with van der Waals surface area (Å²) in [6.07, 6.45) is 1.41. The third kappa shape index (κ3) is 3.63. The van der Waals surface area contributed by atoms with Crippen LogP contribution in [0.1, 0.15) is 26.3 Å². The topological polar surface area (TPSA) is 106 Å². The summed E-state index contributed by atoms with van der Waals surface area (Å²) in [6, 6.07) is 7.95. The van der Waals surface area contributed by atoms with Gasteiger partial charge in [-0.05, 0) is 12.1 Å². The van der Waals surface area contributed by atoms with Crippen LogP contribution in [0, 0.1) is 26.9 Å². The van der Waals surface area contributed by atoms with Crippen LogP contribution in [0.3, 0.4) is 0 Å². The first-order valence-electron chi connectivity index (χ1n) is 7.68. The number of rotatable bonds is 3. The molecule has 8 heteroatoms. The zero-order chi connectivity index (χ0) is 19.6. The van der Waals surface area contributed by atoms with Crippen LogP contribution in [0.15, 0.2) is 29.1 Å². The number of Topliss-reactive ketones (excluding diaryl/α,β-unsaturated/α-hetero) is 1. The predicted octanol–water partition coefficient (Wildman–Crippen LogP) is 1.47. The van der Waals surface area contributed by atoms with Crippen molar-refractivity contribution in [3.05, 3.63) is 59.5 Å². The molecule has 134 valence electrons. The van der Waals surface area contributed by atoms with E-state index in [0.717, 1.165) is 11.3 Å². The van der Waals surface area contributed by atoms with Crippen LogP contribution in [0.25, 0.3) is 11.6 Å². The summed E-state index contributed by atoms with van der Waals surface area (Å²) in [5.74, 6) is -0.367. The number of carbonyl (C=O) groups is 1. The largest absolute Gasteiger partial charge is 0.301 e. The van der Waals surface area contributed by atoms with Gasteiger partial charge in [-0.25, -0.2) is 0 Å². The van der Waals surface area contributed by atoms with Crippen LogP contribution in [0.2, 0.25) is 0 Å². The Hall–Kier alpha value is -3.05. The molecule has 0 atom stereocenters. The van der Waals surface area contributed by atoms with E-state index in [0.29, 0.717) is 0 Å². The number of para-hydroxylation sites is 1. The first kappa shape index (κ1) is 19.3. The molecule has 7 nitrogen and oxygen atoms in total. The van der Waals surface area contributed by atoms with E-state index in [1.165, 1.54) is 35.9 Å². The maximum absolute atomic E-state index is 12.5. The molecule has 0 amide bonds. The molecule has 0 fully saturated rings. The predicted molar refractivity (Wildman–Crippen MR) is 99.0 cm³/mol. The third-order valence-electron chi connectivity index (χ3n) is 3.68. The fourth-order valence-corrected chi connectivity index (χ4v) is 3.35. The second-order valence-corrected chi connectivity index (χ2v) is 7.69. The fourth-order valence-electron chi connectivity index (χ4n) is 2.27. The average Bonchev–Trinajstić information content (AvgIpc) is 2.84. The zero-order valence-corrected chi connectivity index (χ0v) is 15.6. The van der Waals surface area contributed by atoms with Crippen LogP contribution in [-0.2, 0) is 11.8 Å². The number of nitro groups is 1. The van der Waals surface area contributed by atoms with Crippen molar-refractivity contribution in [1.29, 1.82) is 5.26 Å². The maximum Gasteiger partial charge on any atom is 0.276 e. The van der Waals surface area contributed by atoms with Gasteiger partial charge in [-0.1, -0.05) is 32.9 Å². The molecule has 0 N–H and O–H groups in total. The van der Waals surface area contributed by atoms with Crippen molar-refractivity contribution in [1.82, 2.24) is 4.57 Å². The Balaban J connectivity index is 2.83. The lowest BCUT2D eigenvalue weighted by Crippen LogP contribution is -2.32. The number of nitriles is 1. The van der Waals surface area contributed by atoms with Crippen LogP contribution in [0.5, 0.6) is 0 Å². The molecule has 2 aromatic rings. The SMILES string of the molecule is Cn1c(=O)/c(=C\c2ccccc2[N+](=O)[O-])s/c1=C(/C#N)C(=O)C(C)(C)C. The van der Waals surface area contributed by atoms with Crippen LogP contribution in [-0.4, -0.2) is 15.3 Å². The molecule has 0 spiro atoms. The first-order valence-corrected chi connectivity index (χ1v) is 8.49. The number of aromatic nitrogens is 1. The van der Waals surface area contributed by atoms with E-state index in [2.05, 4.69) is 0 Å². The maximum atomic E-state index is 12.5.